The maximum absolute atomic E-state index is 4.79. The first-order valence-electron chi connectivity index (χ1n) is 7.59. The first kappa shape index (κ1) is 13.1. The molecule has 0 aliphatic carbocycles. The minimum absolute atomic E-state index is 0.439. The molecule has 2 aliphatic heterocycles. The summed E-state index contributed by atoms with van der Waals surface area (Å²) >= 11 is 0. The summed E-state index contributed by atoms with van der Waals surface area (Å²) in [5.41, 5.74) is 1.68. The van der Waals surface area contributed by atoms with E-state index in [-0.39, 0.29) is 0 Å². The van der Waals surface area contributed by atoms with Gasteiger partial charge in [-0.1, -0.05) is 6.92 Å². The molecule has 1 aromatic rings. The fourth-order valence-electron chi connectivity index (χ4n) is 3.54. The van der Waals surface area contributed by atoms with Gasteiger partial charge in [0.25, 0.3) is 0 Å². The van der Waals surface area contributed by atoms with Crippen molar-refractivity contribution in [3.8, 4) is 0 Å². The standard InChI is InChI=1S/C15H26N4/c1-15(6-7-16-11-15)12-18(2)9-13-10-19-8-4-3-5-14(19)17-13/h10,16H,3-9,11-12H2,1-2H3. The molecule has 0 saturated carbocycles. The lowest BCUT2D eigenvalue weighted by molar-refractivity contribution is 0.202. The van der Waals surface area contributed by atoms with Gasteiger partial charge in [-0.3, -0.25) is 4.90 Å². The quantitative estimate of drug-likeness (QED) is 0.895. The van der Waals surface area contributed by atoms with Crippen LogP contribution in [0.2, 0.25) is 0 Å². The largest absolute Gasteiger partial charge is 0.335 e. The zero-order chi connectivity index (χ0) is 13.3. The molecule has 1 fully saturated rings. The Labute approximate surface area is 116 Å². The summed E-state index contributed by atoms with van der Waals surface area (Å²) in [6, 6.07) is 0. The molecule has 1 atom stereocenters. The highest BCUT2D eigenvalue weighted by Crippen LogP contribution is 2.25. The van der Waals surface area contributed by atoms with Crippen LogP contribution >= 0.6 is 0 Å². The summed E-state index contributed by atoms with van der Waals surface area (Å²) in [5, 5.41) is 3.48. The van der Waals surface area contributed by atoms with Gasteiger partial charge in [0.1, 0.15) is 5.82 Å². The second-order valence-corrected chi connectivity index (χ2v) is 6.71. The van der Waals surface area contributed by atoms with Crippen LogP contribution in [-0.2, 0) is 19.5 Å². The summed E-state index contributed by atoms with van der Waals surface area (Å²) in [4.78, 5) is 7.23. The first-order valence-corrected chi connectivity index (χ1v) is 7.59. The van der Waals surface area contributed by atoms with Gasteiger partial charge >= 0.3 is 0 Å². The second kappa shape index (κ2) is 5.25. The van der Waals surface area contributed by atoms with Crippen LogP contribution in [-0.4, -0.2) is 41.1 Å². The molecule has 3 heterocycles. The van der Waals surface area contributed by atoms with E-state index in [9.17, 15) is 0 Å². The lowest BCUT2D eigenvalue weighted by Gasteiger charge is -2.28. The van der Waals surface area contributed by atoms with Crippen LogP contribution in [0, 0.1) is 5.41 Å². The van der Waals surface area contributed by atoms with Crippen LogP contribution in [0.25, 0.3) is 0 Å². The molecule has 0 amide bonds. The molecule has 19 heavy (non-hydrogen) atoms. The number of aryl methyl sites for hydroxylation is 2. The highest BCUT2D eigenvalue weighted by molar-refractivity contribution is 5.06. The van der Waals surface area contributed by atoms with E-state index in [0.717, 1.165) is 32.6 Å². The topological polar surface area (TPSA) is 33.1 Å². The zero-order valence-corrected chi connectivity index (χ0v) is 12.3. The third-order valence-corrected chi connectivity index (χ3v) is 4.50. The zero-order valence-electron chi connectivity index (χ0n) is 12.3. The Balaban J connectivity index is 1.59. The number of hydrogen-bond donors (Lipinski definition) is 1. The molecule has 1 aromatic heterocycles. The van der Waals surface area contributed by atoms with E-state index in [4.69, 9.17) is 4.98 Å². The fourth-order valence-corrected chi connectivity index (χ4v) is 3.54. The number of nitrogens with one attached hydrogen (secondary N) is 1. The van der Waals surface area contributed by atoms with Crippen molar-refractivity contribution in [3.05, 3.63) is 17.7 Å². The molecule has 1 saturated heterocycles. The molecule has 2 aliphatic rings. The predicted molar refractivity (Wildman–Crippen MR) is 77.1 cm³/mol. The predicted octanol–water partition coefficient (Wildman–Crippen LogP) is 1.65. The highest BCUT2D eigenvalue weighted by Gasteiger charge is 2.29. The molecule has 1 N–H and O–H groups in total. The van der Waals surface area contributed by atoms with Crippen LogP contribution in [0.15, 0.2) is 6.20 Å². The van der Waals surface area contributed by atoms with Crippen LogP contribution in [0.3, 0.4) is 0 Å². The Morgan fingerprint density at radius 1 is 1.47 bits per heavy atom. The van der Waals surface area contributed by atoms with Crippen molar-refractivity contribution in [3.63, 3.8) is 0 Å². The Morgan fingerprint density at radius 3 is 3.11 bits per heavy atom. The number of nitrogens with zero attached hydrogens (tertiary/aromatic N) is 3. The molecule has 0 radical (unpaired) electrons. The van der Waals surface area contributed by atoms with Crippen molar-refractivity contribution >= 4 is 0 Å². The average molecular weight is 262 g/mol. The van der Waals surface area contributed by atoms with Crippen LogP contribution in [0.1, 0.15) is 37.7 Å². The van der Waals surface area contributed by atoms with Gasteiger partial charge in [0.05, 0.1) is 5.69 Å². The minimum Gasteiger partial charge on any atom is -0.335 e. The highest BCUT2D eigenvalue weighted by atomic mass is 15.1. The first-order chi connectivity index (χ1) is 9.15. The molecule has 0 spiro atoms. The second-order valence-electron chi connectivity index (χ2n) is 6.71. The molecule has 4 heteroatoms. The van der Waals surface area contributed by atoms with Gasteiger partial charge in [-0.25, -0.2) is 4.98 Å². The van der Waals surface area contributed by atoms with Crippen molar-refractivity contribution in [1.29, 1.82) is 0 Å². The van der Waals surface area contributed by atoms with E-state index >= 15 is 0 Å². The van der Waals surface area contributed by atoms with Gasteiger partial charge in [0.15, 0.2) is 0 Å². The van der Waals surface area contributed by atoms with Crippen molar-refractivity contribution in [2.75, 3.05) is 26.7 Å². The molecular weight excluding hydrogens is 236 g/mol. The van der Waals surface area contributed by atoms with Gasteiger partial charge in [0, 0.05) is 38.8 Å². The Kier molecular flexibility index (Phi) is 3.63. The third kappa shape index (κ3) is 3.00. The number of aromatic nitrogens is 2. The van der Waals surface area contributed by atoms with E-state index in [0.29, 0.717) is 5.41 Å². The summed E-state index contributed by atoms with van der Waals surface area (Å²) < 4.78 is 2.35. The summed E-state index contributed by atoms with van der Waals surface area (Å²) in [6.07, 6.45) is 7.32. The number of rotatable bonds is 4. The fraction of sp³-hybridized carbons (Fsp3) is 0.800. The van der Waals surface area contributed by atoms with Gasteiger partial charge in [-0.15, -0.1) is 0 Å². The van der Waals surface area contributed by atoms with Crippen molar-refractivity contribution in [1.82, 2.24) is 19.8 Å². The summed E-state index contributed by atoms with van der Waals surface area (Å²) in [7, 11) is 2.22. The summed E-state index contributed by atoms with van der Waals surface area (Å²) in [5.74, 6) is 1.29. The number of hydrogen-bond acceptors (Lipinski definition) is 3. The molecule has 3 rings (SSSR count). The van der Waals surface area contributed by atoms with Gasteiger partial charge in [0.2, 0.25) is 0 Å². The van der Waals surface area contributed by atoms with Gasteiger partial charge < -0.3 is 9.88 Å². The van der Waals surface area contributed by atoms with E-state index < -0.39 is 0 Å². The molecule has 106 valence electrons. The van der Waals surface area contributed by atoms with E-state index in [1.165, 1.54) is 37.3 Å². The van der Waals surface area contributed by atoms with Crippen molar-refractivity contribution in [2.24, 2.45) is 5.41 Å². The SMILES string of the molecule is CN(Cc1cn2c(n1)CCCC2)CC1(C)CCNC1. The molecular formula is C15H26N4. The Hall–Kier alpha value is -0.870. The molecule has 0 bridgehead atoms. The lowest BCUT2D eigenvalue weighted by atomic mass is 9.89. The monoisotopic (exact) mass is 262 g/mol. The number of imidazole rings is 1. The van der Waals surface area contributed by atoms with Crippen LogP contribution in [0.4, 0.5) is 0 Å². The third-order valence-electron chi connectivity index (χ3n) is 4.50. The molecule has 4 nitrogen and oxygen atoms in total. The van der Waals surface area contributed by atoms with Crippen molar-refractivity contribution < 1.29 is 0 Å². The maximum atomic E-state index is 4.79. The average Bonchev–Trinajstić information content (AvgIpc) is 2.94. The smallest absolute Gasteiger partial charge is 0.109 e. The van der Waals surface area contributed by atoms with Crippen molar-refractivity contribution in [2.45, 2.75) is 45.7 Å². The van der Waals surface area contributed by atoms with Gasteiger partial charge in [-0.2, -0.15) is 0 Å². The van der Waals surface area contributed by atoms with Crippen LogP contribution < -0.4 is 5.32 Å². The molecule has 0 aromatic carbocycles. The Bertz CT molecular complexity index is 408. The molecule has 1 unspecified atom stereocenters. The van der Waals surface area contributed by atoms with E-state index in [1.807, 2.05) is 0 Å². The van der Waals surface area contributed by atoms with Gasteiger partial charge in [-0.05, 0) is 38.3 Å². The van der Waals surface area contributed by atoms with Crippen LogP contribution in [0.5, 0.6) is 0 Å². The normalized spacial score (nSPS) is 26.9. The number of fused-ring (bicyclic) bond motifs is 1. The van der Waals surface area contributed by atoms with E-state index in [2.05, 4.69) is 35.0 Å². The minimum atomic E-state index is 0.439. The summed E-state index contributed by atoms with van der Waals surface area (Å²) in [6.45, 7) is 8.01. The maximum Gasteiger partial charge on any atom is 0.109 e. The Morgan fingerprint density at radius 2 is 2.37 bits per heavy atom. The van der Waals surface area contributed by atoms with E-state index in [1.54, 1.807) is 0 Å². The lowest BCUT2D eigenvalue weighted by Crippen LogP contribution is -2.34.